The highest BCUT2D eigenvalue weighted by Gasteiger charge is 2.07. The molecule has 0 fully saturated rings. The Morgan fingerprint density at radius 1 is 1.35 bits per heavy atom. The maximum absolute atomic E-state index is 3.59. The first-order valence-electron chi connectivity index (χ1n) is 6.61. The fourth-order valence-corrected chi connectivity index (χ4v) is 2.40. The molecule has 1 N–H and O–H groups in total. The molecule has 0 bridgehead atoms. The van der Waals surface area contributed by atoms with Crippen LogP contribution in [0.3, 0.4) is 0 Å². The molecule has 0 radical (unpaired) electrons. The summed E-state index contributed by atoms with van der Waals surface area (Å²) in [5, 5.41) is 5.74. The fourth-order valence-electron chi connectivity index (χ4n) is 1.66. The molecule has 1 unspecified atom stereocenters. The lowest BCUT2D eigenvalue weighted by molar-refractivity contribution is 0.272. The van der Waals surface area contributed by atoms with E-state index in [9.17, 15) is 0 Å². The normalized spacial score (nSPS) is 13.5. The van der Waals surface area contributed by atoms with E-state index < -0.39 is 0 Å². The minimum atomic E-state index is 0.607. The maximum atomic E-state index is 3.59. The molecule has 1 aromatic rings. The standard InChI is InChI=1S/C14H26N2S/c1-5-16(11-14-7-6-10-17-14)9-8-15-13(4)12(2)3/h6-7,10,12-13,15H,5,8-9,11H2,1-4H3. The van der Waals surface area contributed by atoms with E-state index in [0.717, 1.165) is 26.2 Å². The largest absolute Gasteiger partial charge is 0.313 e. The Hall–Kier alpha value is -0.380. The fraction of sp³-hybridized carbons (Fsp3) is 0.714. The van der Waals surface area contributed by atoms with Crippen molar-refractivity contribution in [3.05, 3.63) is 22.4 Å². The summed E-state index contributed by atoms with van der Waals surface area (Å²) in [6, 6.07) is 4.96. The van der Waals surface area contributed by atoms with E-state index in [1.54, 1.807) is 0 Å². The van der Waals surface area contributed by atoms with Crippen LogP contribution in [0, 0.1) is 5.92 Å². The molecule has 0 aliphatic rings. The number of rotatable bonds is 8. The molecule has 2 nitrogen and oxygen atoms in total. The quantitative estimate of drug-likeness (QED) is 0.766. The van der Waals surface area contributed by atoms with Gasteiger partial charge in [-0.25, -0.2) is 0 Å². The predicted octanol–water partition coefficient (Wildman–Crippen LogP) is 3.20. The van der Waals surface area contributed by atoms with Gasteiger partial charge in [-0.1, -0.05) is 26.8 Å². The summed E-state index contributed by atoms with van der Waals surface area (Å²) in [6.45, 7) is 13.5. The van der Waals surface area contributed by atoms with Gasteiger partial charge in [0.25, 0.3) is 0 Å². The molecule has 0 aliphatic carbocycles. The topological polar surface area (TPSA) is 15.3 Å². The van der Waals surface area contributed by atoms with Crippen molar-refractivity contribution in [3.63, 3.8) is 0 Å². The average Bonchev–Trinajstić information content (AvgIpc) is 2.80. The first-order valence-corrected chi connectivity index (χ1v) is 7.49. The van der Waals surface area contributed by atoms with Gasteiger partial charge in [-0.3, -0.25) is 4.90 Å². The van der Waals surface area contributed by atoms with E-state index in [4.69, 9.17) is 0 Å². The molecule has 1 heterocycles. The highest BCUT2D eigenvalue weighted by atomic mass is 32.1. The molecule has 3 heteroatoms. The van der Waals surface area contributed by atoms with Crippen LogP contribution >= 0.6 is 11.3 Å². The number of nitrogens with one attached hydrogen (secondary N) is 1. The summed E-state index contributed by atoms with van der Waals surface area (Å²) >= 11 is 1.85. The Kier molecular flexibility index (Phi) is 6.78. The van der Waals surface area contributed by atoms with Crippen LogP contribution in [-0.2, 0) is 6.54 Å². The van der Waals surface area contributed by atoms with E-state index in [-0.39, 0.29) is 0 Å². The van der Waals surface area contributed by atoms with Crippen molar-refractivity contribution in [3.8, 4) is 0 Å². The summed E-state index contributed by atoms with van der Waals surface area (Å²) in [5.74, 6) is 0.711. The van der Waals surface area contributed by atoms with Gasteiger partial charge in [0.2, 0.25) is 0 Å². The SMILES string of the molecule is CCN(CCNC(C)C(C)C)Cc1cccs1. The van der Waals surface area contributed by atoms with Gasteiger partial charge in [0.15, 0.2) is 0 Å². The van der Waals surface area contributed by atoms with Gasteiger partial charge in [0, 0.05) is 30.6 Å². The summed E-state index contributed by atoms with van der Waals surface area (Å²) in [7, 11) is 0. The van der Waals surface area contributed by atoms with Crippen molar-refractivity contribution in [2.75, 3.05) is 19.6 Å². The molecule has 1 rings (SSSR count). The van der Waals surface area contributed by atoms with Crippen LogP contribution in [0.2, 0.25) is 0 Å². The van der Waals surface area contributed by atoms with Gasteiger partial charge in [-0.15, -0.1) is 11.3 Å². The lowest BCUT2D eigenvalue weighted by atomic mass is 10.1. The van der Waals surface area contributed by atoms with Crippen molar-refractivity contribution < 1.29 is 0 Å². The monoisotopic (exact) mass is 254 g/mol. The maximum Gasteiger partial charge on any atom is 0.0328 e. The minimum absolute atomic E-state index is 0.607. The minimum Gasteiger partial charge on any atom is -0.313 e. The number of nitrogens with zero attached hydrogens (tertiary/aromatic N) is 1. The van der Waals surface area contributed by atoms with Gasteiger partial charge < -0.3 is 5.32 Å². The smallest absolute Gasteiger partial charge is 0.0328 e. The Bertz CT molecular complexity index is 282. The number of hydrogen-bond acceptors (Lipinski definition) is 3. The average molecular weight is 254 g/mol. The van der Waals surface area contributed by atoms with Gasteiger partial charge in [0.1, 0.15) is 0 Å². The van der Waals surface area contributed by atoms with E-state index in [2.05, 4.69) is 55.4 Å². The molecular weight excluding hydrogens is 228 g/mol. The van der Waals surface area contributed by atoms with Crippen molar-refractivity contribution in [2.24, 2.45) is 5.92 Å². The van der Waals surface area contributed by atoms with Crippen LogP contribution in [0.15, 0.2) is 17.5 Å². The Morgan fingerprint density at radius 3 is 2.65 bits per heavy atom. The molecule has 0 aliphatic heterocycles. The van der Waals surface area contributed by atoms with Crippen molar-refractivity contribution in [1.82, 2.24) is 10.2 Å². The van der Waals surface area contributed by atoms with Gasteiger partial charge in [-0.05, 0) is 30.8 Å². The van der Waals surface area contributed by atoms with Crippen molar-refractivity contribution >= 4 is 11.3 Å². The predicted molar refractivity (Wildman–Crippen MR) is 77.6 cm³/mol. The van der Waals surface area contributed by atoms with Crippen LogP contribution < -0.4 is 5.32 Å². The third-order valence-corrected chi connectivity index (χ3v) is 4.16. The second-order valence-corrected chi connectivity index (χ2v) is 5.97. The van der Waals surface area contributed by atoms with Crippen molar-refractivity contribution in [1.29, 1.82) is 0 Å². The molecule has 1 atom stereocenters. The second-order valence-electron chi connectivity index (χ2n) is 4.93. The van der Waals surface area contributed by atoms with Crippen LogP contribution in [0.4, 0.5) is 0 Å². The first kappa shape index (κ1) is 14.7. The van der Waals surface area contributed by atoms with Gasteiger partial charge in [-0.2, -0.15) is 0 Å². The molecule has 1 aromatic heterocycles. The molecule has 0 saturated heterocycles. The lowest BCUT2D eigenvalue weighted by Crippen LogP contribution is -2.37. The second kappa shape index (κ2) is 7.85. The molecule has 0 aromatic carbocycles. The third-order valence-electron chi connectivity index (χ3n) is 3.30. The Morgan fingerprint density at radius 2 is 2.12 bits per heavy atom. The van der Waals surface area contributed by atoms with Crippen LogP contribution in [0.25, 0.3) is 0 Å². The molecule has 0 saturated carbocycles. The van der Waals surface area contributed by atoms with Crippen LogP contribution in [0.1, 0.15) is 32.6 Å². The van der Waals surface area contributed by atoms with Crippen LogP contribution in [-0.4, -0.2) is 30.6 Å². The van der Waals surface area contributed by atoms with E-state index in [0.29, 0.717) is 12.0 Å². The lowest BCUT2D eigenvalue weighted by Gasteiger charge is -2.23. The van der Waals surface area contributed by atoms with Crippen molar-refractivity contribution in [2.45, 2.75) is 40.3 Å². The van der Waals surface area contributed by atoms with E-state index >= 15 is 0 Å². The molecular formula is C14H26N2S. The highest BCUT2D eigenvalue weighted by molar-refractivity contribution is 7.09. The molecule has 0 amide bonds. The zero-order chi connectivity index (χ0) is 12.7. The van der Waals surface area contributed by atoms with Gasteiger partial charge >= 0.3 is 0 Å². The van der Waals surface area contributed by atoms with E-state index in [1.807, 2.05) is 11.3 Å². The molecule has 17 heavy (non-hydrogen) atoms. The zero-order valence-corrected chi connectivity index (χ0v) is 12.4. The Labute approximate surface area is 110 Å². The number of likely N-dealkylation sites (N-methyl/N-ethyl adjacent to an activating group) is 1. The summed E-state index contributed by atoms with van der Waals surface area (Å²) in [4.78, 5) is 3.95. The third kappa shape index (κ3) is 5.66. The first-order chi connectivity index (χ1) is 8.13. The molecule has 0 spiro atoms. The van der Waals surface area contributed by atoms with E-state index in [1.165, 1.54) is 4.88 Å². The number of thiophene rings is 1. The summed E-state index contributed by atoms with van der Waals surface area (Å²) < 4.78 is 0. The Balaban J connectivity index is 2.23. The summed E-state index contributed by atoms with van der Waals surface area (Å²) in [5.41, 5.74) is 0. The zero-order valence-electron chi connectivity index (χ0n) is 11.6. The highest BCUT2D eigenvalue weighted by Crippen LogP contribution is 2.11. The molecule has 98 valence electrons. The number of hydrogen-bond donors (Lipinski definition) is 1. The summed E-state index contributed by atoms with van der Waals surface area (Å²) in [6.07, 6.45) is 0. The van der Waals surface area contributed by atoms with Gasteiger partial charge in [0.05, 0.1) is 0 Å². The van der Waals surface area contributed by atoms with Crippen LogP contribution in [0.5, 0.6) is 0 Å².